The van der Waals surface area contributed by atoms with Crippen LogP contribution in [-0.2, 0) is 9.53 Å². The Morgan fingerprint density at radius 2 is 2.06 bits per heavy atom. The summed E-state index contributed by atoms with van der Waals surface area (Å²) >= 11 is 4.26. The van der Waals surface area contributed by atoms with Gasteiger partial charge in [0.05, 0.1) is 4.08 Å². The van der Waals surface area contributed by atoms with E-state index in [0.29, 0.717) is 16.2 Å². The summed E-state index contributed by atoms with van der Waals surface area (Å²) in [5.41, 5.74) is 0. The molecule has 0 N–H and O–H groups in total. The van der Waals surface area contributed by atoms with E-state index in [1.165, 1.54) is 31.3 Å². The molecule has 96 valence electrons. The van der Waals surface area contributed by atoms with Crippen molar-refractivity contribution in [1.29, 1.82) is 0 Å². The number of esters is 1. The molecule has 0 amide bonds. The van der Waals surface area contributed by atoms with Crippen LogP contribution in [0.1, 0.15) is 26.2 Å². The molecule has 2 bridgehead atoms. The number of ether oxygens (including phenoxy) is 1. The van der Waals surface area contributed by atoms with Crippen molar-refractivity contribution in [2.75, 3.05) is 18.6 Å². The zero-order valence-corrected chi connectivity index (χ0v) is 12.0. The minimum Gasteiger partial charge on any atom is -0.461 e. The number of thioether (sulfide) groups is 2. The minimum atomic E-state index is -0.128. The van der Waals surface area contributed by atoms with Gasteiger partial charge in [0.15, 0.2) is 0 Å². The molecule has 3 saturated heterocycles. The molecular formula is C12H19NO2S2. The predicted octanol–water partition coefficient (Wildman–Crippen LogP) is 1.96. The molecule has 5 heteroatoms. The van der Waals surface area contributed by atoms with Gasteiger partial charge in [0.2, 0.25) is 0 Å². The van der Waals surface area contributed by atoms with Crippen LogP contribution in [0.2, 0.25) is 0 Å². The molecule has 3 heterocycles. The van der Waals surface area contributed by atoms with Crippen molar-refractivity contribution in [3.05, 3.63) is 0 Å². The van der Waals surface area contributed by atoms with Crippen LogP contribution in [0, 0.1) is 0 Å². The summed E-state index contributed by atoms with van der Waals surface area (Å²) in [6.45, 7) is 1.52. The molecule has 0 saturated carbocycles. The largest absolute Gasteiger partial charge is 0.461 e. The molecule has 0 aromatic carbocycles. The molecule has 0 aromatic rings. The van der Waals surface area contributed by atoms with Crippen LogP contribution in [0.4, 0.5) is 0 Å². The summed E-state index contributed by atoms with van der Waals surface area (Å²) in [7, 11) is 2.19. The molecule has 3 atom stereocenters. The summed E-state index contributed by atoms with van der Waals surface area (Å²) in [5.74, 6) is 2.44. The van der Waals surface area contributed by atoms with Crippen LogP contribution >= 0.6 is 23.5 Å². The lowest BCUT2D eigenvalue weighted by Gasteiger charge is -2.42. The number of fused-ring (bicyclic) bond motifs is 2. The number of hydrogen-bond acceptors (Lipinski definition) is 5. The van der Waals surface area contributed by atoms with Gasteiger partial charge in [0.25, 0.3) is 0 Å². The Kier molecular flexibility index (Phi) is 3.12. The molecule has 0 radical (unpaired) electrons. The minimum absolute atomic E-state index is 0.128. The van der Waals surface area contributed by atoms with E-state index in [2.05, 4.69) is 35.5 Å². The first-order valence-electron chi connectivity index (χ1n) is 6.27. The monoisotopic (exact) mass is 273 g/mol. The lowest BCUT2D eigenvalue weighted by atomic mass is 10.0. The lowest BCUT2D eigenvalue weighted by molar-refractivity contribution is -0.147. The first kappa shape index (κ1) is 12.2. The number of rotatable bonds is 1. The topological polar surface area (TPSA) is 29.5 Å². The van der Waals surface area contributed by atoms with Gasteiger partial charge in [-0.2, -0.15) is 0 Å². The Morgan fingerprint density at radius 1 is 1.35 bits per heavy atom. The fourth-order valence-corrected chi connectivity index (χ4v) is 6.90. The van der Waals surface area contributed by atoms with Crippen molar-refractivity contribution >= 4 is 29.5 Å². The van der Waals surface area contributed by atoms with Crippen LogP contribution in [-0.4, -0.2) is 51.7 Å². The zero-order chi connectivity index (χ0) is 12.0. The highest BCUT2D eigenvalue weighted by Gasteiger charge is 2.53. The van der Waals surface area contributed by atoms with Gasteiger partial charge in [-0.1, -0.05) is 0 Å². The van der Waals surface area contributed by atoms with E-state index < -0.39 is 0 Å². The summed E-state index contributed by atoms with van der Waals surface area (Å²) in [6.07, 6.45) is 3.59. The van der Waals surface area contributed by atoms with Crippen LogP contribution in [0.3, 0.4) is 0 Å². The van der Waals surface area contributed by atoms with E-state index in [-0.39, 0.29) is 12.1 Å². The number of hydrogen-bond donors (Lipinski definition) is 0. The van der Waals surface area contributed by atoms with Crippen molar-refractivity contribution in [2.45, 2.75) is 48.5 Å². The Morgan fingerprint density at radius 3 is 2.71 bits per heavy atom. The van der Waals surface area contributed by atoms with Gasteiger partial charge in [-0.25, -0.2) is 0 Å². The summed E-state index contributed by atoms with van der Waals surface area (Å²) in [5, 5.41) is 0. The van der Waals surface area contributed by atoms with Gasteiger partial charge in [0.1, 0.15) is 6.10 Å². The van der Waals surface area contributed by atoms with Crippen LogP contribution in [0.15, 0.2) is 0 Å². The van der Waals surface area contributed by atoms with Crippen molar-refractivity contribution in [1.82, 2.24) is 4.90 Å². The highest BCUT2D eigenvalue weighted by atomic mass is 32.2. The summed E-state index contributed by atoms with van der Waals surface area (Å²) in [6, 6.07) is 1.05. The third kappa shape index (κ3) is 2.10. The van der Waals surface area contributed by atoms with Crippen molar-refractivity contribution in [3.63, 3.8) is 0 Å². The average molecular weight is 273 g/mol. The number of likely N-dealkylation sites (N-methyl/N-ethyl adjacent to an activating group) is 1. The lowest BCUT2D eigenvalue weighted by Crippen LogP contribution is -2.47. The number of piperidine rings is 1. The van der Waals surface area contributed by atoms with E-state index in [4.69, 9.17) is 4.74 Å². The van der Waals surface area contributed by atoms with Crippen LogP contribution in [0.5, 0.6) is 0 Å². The highest BCUT2D eigenvalue weighted by molar-refractivity contribution is 8.21. The average Bonchev–Trinajstić information content (AvgIpc) is 2.74. The SMILES string of the molecule is CC(=O)O[C@H]1C[C@@H]2CC3(C[C@@H]1N2C)SCCS3. The molecule has 0 aromatic heterocycles. The molecule has 3 rings (SSSR count). The van der Waals surface area contributed by atoms with Gasteiger partial charge in [-0.3, -0.25) is 9.69 Å². The van der Waals surface area contributed by atoms with Gasteiger partial charge in [0, 0.05) is 36.9 Å². The molecule has 3 aliphatic rings. The van der Waals surface area contributed by atoms with E-state index in [0.717, 1.165) is 6.42 Å². The third-order valence-electron chi connectivity index (χ3n) is 4.23. The maximum atomic E-state index is 11.2. The Balaban J connectivity index is 1.77. The number of nitrogens with zero attached hydrogens (tertiary/aromatic N) is 1. The first-order valence-corrected chi connectivity index (χ1v) is 8.24. The highest BCUT2D eigenvalue weighted by Crippen LogP contribution is 2.56. The molecule has 0 aliphatic carbocycles. The molecule has 0 unspecified atom stereocenters. The van der Waals surface area contributed by atoms with Gasteiger partial charge in [-0.05, 0) is 19.9 Å². The third-order valence-corrected chi connectivity index (χ3v) is 7.73. The maximum absolute atomic E-state index is 11.2. The van der Waals surface area contributed by atoms with Crippen molar-refractivity contribution in [2.24, 2.45) is 0 Å². The van der Waals surface area contributed by atoms with Gasteiger partial charge >= 0.3 is 5.97 Å². The van der Waals surface area contributed by atoms with Gasteiger partial charge in [-0.15, -0.1) is 23.5 Å². The second-order valence-corrected chi connectivity index (χ2v) is 8.50. The normalized spacial score (nSPS) is 39.8. The van der Waals surface area contributed by atoms with Crippen molar-refractivity contribution in [3.8, 4) is 0 Å². The van der Waals surface area contributed by atoms with Crippen LogP contribution < -0.4 is 0 Å². The van der Waals surface area contributed by atoms with E-state index in [9.17, 15) is 4.79 Å². The van der Waals surface area contributed by atoms with Gasteiger partial charge < -0.3 is 4.74 Å². The quantitative estimate of drug-likeness (QED) is 0.681. The number of carbonyl (C=O) groups excluding carboxylic acids is 1. The summed E-state index contributed by atoms with van der Waals surface area (Å²) < 4.78 is 5.93. The smallest absolute Gasteiger partial charge is 0.302 e. The Hall–Kier alpha value is 0.130. The molecule has 1 spiro atoms. The molecule has 3 nitrogen and oxygen atoms in total. The first-order chi connectivity index (χ1) is 8.10. The van der Waals surface area contributed by atoms with Crippen molar-refractivity contribution < 1.29 is 9.53 Å². The van der Waals surface area contributed by atoms with E-state index >= 15 is 0 Å². The molecule has 17 heavy (non-hydrogen) atoms. The zero-order valence-electron chi connectivity index (χ0n) is 10.3. The number of carbonyl (C=O) groups is 1. The second-order valence-electron chi connectivity index (χ2n) is 5.29. The van der Waals surface area contributed by atoms with E-state index in [1.807, 2.05) is 0 Å². The van der Waals surface area contributed by atoms with Crippen LogP contribution in [0.25, 0.3) is 0 Å². The predicted molar refractivity (Wildman–Crippen MR) is 72.4 cm³/mol. The molecule has 3 aliphatic heterocycles. The maximum Gasteiger partial charge on any atom is 0.302 e. The molecular weight excluding hydrogens is 254 g/mol. The second kappa shape index (κ2) is 4.35. The fraction of sp³-hybridized carbons (Fsp3) is 0.917. The summed E-state index contributed by atoms with van der Waals surface area (Å²) in [4.78, 5) is 13.6. The Labute approximate surface area is 111 Å². The Bertz CT molecular complexity index is 330. The standard InChI is InChI=1S/C12H19NO2S2/c1-8(14)15-11-5-9-6-12(16-3-4-17-12)7-10(11)13(9)2/h9-11H,3-7H2,1-2H3/t9-,10+,11+/m1/s1. The van der Waals surface area contributed by atoms with E-state index in [1.54, 1.807) is 0 Å². The molecule has 3 fully saturated rings. The fourth-order valence-electron chi connectivity index (χ4n) is 3.46.